The zero-order valence-corrected chi connectivity index (χ0v) is 21.8. The number of aromatic nitrogens is 3. The van der Waals surface area contributed by atoms with Crippen molar-refractivity contribution in [3.8, 4) is 11.1 Å². The third-order valence-corrected chi connectivity index (χ3v) is 9.00. The second-order valence-electron chi connectivity index (χ2n) is 9.54. The number of halogens is 3. The Morgan fingerprint density at radius 2 is 1.87 bits per heavy atom. The Bertz CT molecular complexity index is 1620. The van der Waals surface area contributed by atoms with E-state index in [0.717, 1.165) is 27.3 Å². The smallest absolute Gasteiger partial charge is 0.417 e. The summed E-state index contributed by atoms with van der Waals surface area (Å²) in [4.78, 5) is 6.74. The summed E-state index contributed by atoms with van der Waals surface area (Å²) in [6, 6.07) is 9.55. The van der Waals surface area contributed by atoms with Gasteiger partial charge in [-0.25, -0.2) is 23.1 Å². The molecule has 4 heterocycles. The molecule has 0 bridgehead atoms. The number of aromatic amines is 1. The van der Waals surface area contributed by atoms with Gasteiger partial charge in [-0.1, -0.05) is 12.1 Å². The lowest BCUT2D eigenvalue weighted by atomic mass is 9.97. The van der Waals surface area contributed by atoms with Crippen LogP contribution in [-0.4, -0.2) is 53.0 Å². The van der Waals surface area contributed by atoms with Crippen LogP contribution in [0, 0.1) is 19.1 Å². The van der Waals surface area contributed by atoms with Crippen LogP contribution in [0.1, 0.15) is 23.2 Å². The number of aryl methyl sites for hydroxylation is 1. The summed E-state index contributed by atoms with van der Waals surface area (Å²) in [7, 11) is -3.93. The molecule has 1 aliphatic rings. The number of aliphatic hydroxyl groups excluding tert-OH is 1. The second-order valence-corrected chi connectivity index (χ2v) is 11.5. The van der Waals surface area contributed by atoms with Crippen molar-refractivity contribution >= 4 is 26.9 Å². The fourth-order valence-corrected chi connectivity index (χ4v) is 6.47. The van der Waals surface area contributed by atoms with E-state index in [0.29, 0.717) is 23.1 Å². The fourth-order valence-electron chi connectivity index (χ4n) is 5.00. The fraction of sp³-hybridized carbons (Fsp3) is 0.308. The van der Waals surface area contributed by atoms with Crippen LogP contribution in [0.25, 0.3) is 22.2 Å². The molecule has 206 valence electrons. The van der Waals surface area contributed by atoms with Gasteiger partial charge in [-0.2, -0.15) is 17.5 Å². The van der Waals surface area contributed by atoms with Crippen LogP contribution in [0.15, 0.2) is 59.8 Å². The van der Waals surface area contributed by atoms with Crippen LogP contribution < -0.4 is 10.0 Å². The number of nitrogens with one attached hydrogen (secondary N) is 2. The van der Waals surface area contributed by atoms with Crippen molar-refractivity contribution in [3.63, 3.8) is 0 Å². The quantitative estimate of drug-likeness (QED) is 0.252. The van der Waals surface area contributed by atoms with Crippen molar-refractivity contribution < 1.29 is 31.4 Å². The maximum absolute atomic E-state index is 13.3. The molecule has 3 N–H and O–H groups in total. The number of anilines is 1. The van der Waals surface area contributed by atoms with Crippen molar-refractivity contribution in [1.29, 1.82) is 0 Å². The maximum atomic E-state index is 13.3. The predicted octanol–water partition coefficient (Wildman–Crippen LogP) is 3.73. The Balaban J connectivity index is 1.31. The van der Waals surface area contributed by atoms with Crippen molar-refractivity contribution in [1.82, 2.24) is 14.3 Å². The summed E-state index contributed by atoms with van der Waals surface area (Å²) < 4.78 is 66.9. The lowest BCUT2D eigenvalue weighted by Gasteiger charge is -2.35. The van der Waals surface area contributed by atoms with E-state index in [2.05, 4.69) is 15.3 Å². The molecule has 0 amide bonds. The van der Waals surface area contributed by atoms with Gasteiger partial charge in [0.1, 0.15) is 11.5 Å². The number of hydrogen-bond acceptors (Lipinski definition) is 6. The standard InChI is InChI=1S/C26H26F3N5O4S/c1-15-20-9-11-30-25(20)34(36)16(2)24(15)17-3-6-19(7-4-17)39(37,38)33-12-10-21(22(35)14-33)32-23-8-5-18(13-31-23)26(27,28)29/h3-9,11,13,21-22,30,35H,10,12,14H2,1-2H3,(H,31,32)/t21-,22+/m1/s1. The molecule has 1 saturated heterocycles. The first-order valence-electron chi connectivity index (χ1n) is 12.2. The van der Waals surface area contributed by atoms with E-state index in [-0.39, 0.29) is 30.2 Å². The summed E-state index contributed by atoms with van der Waals surface area (Å²) >= 11 is 0. The molecule has 2 atom stereocenters. The number of pyridine rings is 2. The number of alkyl halides is 3. The van der Waals surface area contributed by atoms with Gasteiger partial charge in [0.2, 0.25) is 10.0 Å². The van der Waals surface area contributed by atoms with E-state index < -0.39 is 33.9 Å². The van der Waals surface area contributed by atoms with Crippen molar-refractivity contribution in [3.05, 3.63) is 76.9 Å². The Morgan fingerprint density at radius 3 is 2.49 bits per heavy atom. The monoisotopic (exact) mass is 561 g/mol. The second kappa shape index (κ2) is 9.81. The van der Waals surface area contributed by atoms with Gasteiger partial charge < -0.3 is 15.6 Å². The first kappa shape index (κ1) is 26.9. The average molecular weight is 562 g/mol. The number of benzene rings is 1. The van der Waals surface area contributed by atoms with Crippen molar-refractivity contribution in [2.24, 2.45) is 0 Å². The minimum atomic E-state index is -4.51. The molecule has 0 spiro atoms. The highest BCUT2D eigenvalue weighted by molar-refractivity contribution is 7.89. The van der Waals surface area contributed by atoms with Gasteiger partial charge in [0.05, 0.1) is 34.2 Å². The topological polar surface area (TPSA) is 125 Å². The first-order chi connectivity index (χ1) is 18.4. The molecule has 0 aliphatic carbocycles. The molecule has 0 radical (unpaired) electrons. The number of fused-ring (bicyclic) bond motifs is 1. The molecule has 1 aromatic carbocycles. The van der Waals surface area contributed by atoms with E-state index in [1.807, 2.05) is 13.0 Å². The van der Waals surface area contributed by atoms with Crippen LogP contribution >= 0.6 is 0 Å². The van der Waals surface area contributed by atoms with Gasteiger partial charge in [-0.3, -0.25) is 0 Å². The number of hydrogen-bond donors (Lipinski definition) is 3. The van der Waals surface area contributed by atoms with Gasteiger partial charge in [-0.15, -0.1) is 0 Å². The number of β-amino-alcohol motifs (C(OH)–C–C–N with tert-alkyl or cyclic N) is 1. The van der Waals surface area contributed by atoms with Gasteiger partial charge in [-0.05, 0) is 61.7 Å². The van der Waals surface area contributed by atoms with E-state index in [9.17, 15) is 31.9 Å². The number of rotatable bonds is 5. The Morgan fingerprint density at radius 1 is 1.15 bits per heavy atom. The lowest BCUT2D eigenvalue weighted by Crippen LogP contribution is -2.51. The summed E-state index contributed by atoms with van der Waals surface area (Å²) in [5, 5.41) is 27.0. The number of piperidine rings is 1. The SMILES string of the molecule is Cc1c(-c2ccc(S(=O)(=O)N3CC[C@@H](Nc4ccc(C(F)(F)F)cn4)[C@@H](O)C3)cc2)c(C)[n+]([O-])c2[nH]ccc12. The van der Waals surface area contributed by atoms with E-state index in [1.165, 1.54) is 22.5 Å². The minimum Gasteiger partial charge on any atom is -0.710 e. The zero-order chi connectivity index (χ0) is 28.1. The number of nitrogens with zero attached hydrogens (tertiary/aromatic N) is 3. The molecule has 0 unspecified atom stereocenters. The number of aliphatic hydroxyl groups is 1. The molecule has 4 aromatic rings. The largest absolute Gasteiger partial charge is 0.710 e. The van der Waals surface area contributed by atoms with Gasteiger partial charge in [0.15, 0.2) is 0 Å². The molecular weight excluding hydrogens is 535 g/mol. The maximum Gasteiger partial charge on any atom is 0.417 e. The highest BCUT2D eigenvalue weighted by Crippen LogP contribution is 2.32. The van der Waals surface area contributed by atoms with Crippen LogP contribution in [0.5, 0.6) is 0 Å². The predicted molar refractivity (Wildman–Crippen MR) is 138 cm³/mol. The van der Waals surface area contributed by atoms with Crippen LogP contribution in [0.3, 0.4) is 0 Å². The Kier molecular flexibility index (Phi) is 6.77. The molecule has 13 heteroatoms. The van der Waals surface area contributed by atoms with Crippen LogP contribution in [-0.2, 0) is 16.2 Å². The third-order valence-electron chi connectivity index (χ3n) is 7.12. The molecule has 1 fully saturated rings. The number of sulfonamides is 1. The zero-order valence-electron chi connectivity index (χ0n) is 21.0. The molecule has 0 saturated carbocycles. The minimum absolute atomic E-state index is 0.0438. The Hall–Kier alpha value is -3.68. The Labute approximate surface area is 222 Å². The molecule has 5 rings (SSSR count). The molecular formula is C26H26F3N5O4S. The summed E-state index contributed by atoms with van der Waals surface area (Å²) in [6.45, 7) is 3.52. The summed E-state index contributed by atoms with van der Waals surface area (Å²) in [5.74, 6) is 0.154. The van der Waals surface area contributed by atoms with E-state index in [1.54, 1.807) is 25.3 Å². The highest BCUT2D eigenvalue weighted by Gasteiger charge is 2.35. The molecule has 9 nitrogen and oxygen atoms in total. The summed E-state index contributed by atoms with van der Waals surface area (Å²) in [6.07, 6.45) is -3.00. The van der Waals surface area contributed by atoms with E-state index >= 15 is 0 Å². The first-order valence-corrected chi connectivity index (χ1v) is 13.6. The van der Waals surface area contributed by atoms with Crippen molar-refractivity contribution in [2.75, 3.05) is 18.4 Å². The third kappa shape index (κ3) is 4.92. The highest BCUT2D eigenvalue weighted by atomic mass is 32.2. The van der Waals surface area contributed by atoms with Gasteiger partial charge >= 0.3 is 6.18 Å². The van der Waals surface area contributed by atoms with Gasteiger partial charge in [0, 0.05) is 24.8 Å². The van der Waals surface area contributed by atoms with Crippen LogP contribution in [0.4, 0.5) is 19.0 Å². The van der Waals surface area contributed by atoms with E-state index in [4.69, 9.17) is 0 Å². The van der Waals surface area contributed by atoms with Crippen LogP contribution in [0.2, 0.25) is 0 Å². The number of H-pyrrole nitrogens is 1. The molecule has 39 heavy (non-hydrogen) atoms. The molecule has 3 aromatic heterocycles. The normalized spacial score (nSPS) is 18.9. The summed E-state index contributed by atoms with van der Waals surface area (Å²) in [5.41, 5.74) is 2.37. The average Bonchev–Trinajstić information content (AvgIpc) is 3.39. The molecule has 1 aliphatic heterocycles. The lowest BCUT2D eigenvalue weighted by molar-refractivity contribution is -0.585. The van der Waals surface area contributed by atoms with Gasteiger partial charge in [0.25, 0.3) is 5.65 Å². The van der Waals surface area contributed by atoms with Crippen molar-refractivity contribution in [2.45, 2.75) is 43.5 Å².